The second kappa shape index (κ2) is 7.84. The molecule has 0 unspecified atom stereocenters. The molecule has 0 radical (unpaired) electrons. The fourth-order valence-corrected chi connectivity index (χ4v) is 2.13. The molecule has 1 aromatic heterocycles. The minimum Gasteiger partial charge on any atom is -0.468 e. The molecule has 0 fully saturated rings. The lowest BCUT2D eigenvalue weighted by molar-refractivity contribution is -0.141. The highest BCUT2D eigenvalue weighted by Crippen LogP contribution is 2.07. The Hall–Kier alpha value is -1.40. The second-order valence-electron chi connectivity index (χ2n) is 3.93. The third-order valence-corrected chi connectivity index (χ3v) is 3.25. The average molecular weight is 270 g/mol. The SMILES string of the molecule is COC(=O)CN(C)CC(=O)NCCc1cccs1. The van der Waals surface area contributed by atoms with Gasteiger partial charge in [-0.3, -0.25) is 14.5 Å². The minimum atomic E-state index is -0.344. The molecule has 1 N–H and O–H groups in total. The van der Waals surface area contributed by atoms with Crippen LogP contribution in [0.3, 0.4) is 0 Å². The maximum Gasteiger partial charge on any atom is 0.319 e. The summed E-state index contributed by atoms with van der Waals surface area (Å²) in [7, 11) is 3.03. The summed E-state index contributed by atoms with van der Waals surface area (Å²) in [5.74, 6) is -0.429. The molecule has 0 aliphatic carbocycles. The highest BCUT2D eigenvalue weighted by Gasteiger charge is 2.10. The van der Waals surface area contributed by atoms with E-state index in [1.807, 2.05) is 17.5 Å². The normalized spacial score (nSPS) is 10.4. The molecule has 18 heavy (non-hydrogen) atoms. The van der Waals surface area contributed by atoms with Crippen LogP contribution < -0.4 is 5.32 Å². The standard InChI is InChI=1S/C12H18N2O3S/c1-14(9-12(16)17-2)8-11(15)13-6-5-10-4-3-7-18-10/h3-4,7H,5-6,8-9H2,1-2H3,(H,13,15). The van der Waals surface area contributed by atoms with E-state index in [1.54, 1.807) is 23.3 Å². The molecule has 0 saturated heterocycles. The van der Waals surface area contributed by atoms with Crippen molar-refractivity contribution >= 4 is 23.2 Å². The van der Waals surface area contributed by atoms with Crippen molar-refractivity contribution in [3.8, 4) is 0 Å². The van der Waals surface area contributed by atoms with E-state index in [0.717, 1.165) is 6.42 Å². The second-order valence-corrected chi connectivity index (χ2v) is 4.96. The molecule has 0 bridgehead atoms. The van der Waals surface area contributed by atoms with Gasteiger partial charge in [-0.15, -0.1) is 11.3 Å². The van der Waals surface area contributed by atoms with Crippen LogP contribution in [0.5, 0.6) is 0 Å². The molecule has 1 heterocycles. The molecular weight excluding hydrogens is 252 g/mol. The largest absolute Gasteiger partial charge is 0.468 e. The first-order valence-electron chi connectivity index (χ1n) is 5.66. The number of amides is 1. The van der Waals surface area contributed by atoms with Crippen molar-refractivity contribution < 1.29 is 14.3 Å². The zero-order valence-electron chi connectivity index (χ0n) is 10.6. The van der Waals surface area contributed by atoms with Gasteiger partial charge in [0.15, 0.2) is 0 Å². The lowest BCUT2D eigenvalue weighted by atomic mass is 10.3. The highest BCUT2D eigenvalue weighted by atomic mass is 32.1. The van der Waals surface area contributed by atoms with Crippen LogP contribution in [-0.2, 0) is 20.7 Å². The molecule has 1 amide bonds. The van der Waals surface area contributed by atoms with Gasteiger partial charge in [0.05, 0.1) is 20.2 Å². The summed E-state index contributed by atoms with van der Waals surface area (Å²) in [5, 5.41) is 4.83. The van der Waals surface area contributed by atoms with Gasteiger partial charge >= 0.3 is 5.97 Å². The Labute approximate surface area is 111 Å². The quantitative estimate of drug-likeness (QED) is 0.734. The number of nitrogens with one attached hydrogen (secondary N) is 1. The van der Waals surface area contributed by atoms with Crippen molar-refractivity contribution in [2.75, 3.05) is 33.8 Å². The third-order valence-electron chi connectivity index (χ3n) is 2.31. The molecule has 6 heteroatoms. The molecule has 1 rings (SSSR count). The first-order valence-corrected chi connectivity index (χ1v) is 6.54. The van der Waals surface area contributed by atoms with Gasteiger partial charge in [-0.25, -0.2) is 0 Å². The van der Waals surface area contributed by atoms with E-state index in [0.29, 0.717) is 6.54 Å². The maximum absolute atomic E-state index is 11.6. The van der Waals surface area contributed by atoms with E-state index in [4.69, 9.17) is 0 Å². The molecule has 100 valence electrons. The van der Waals surface area contributed by atoms with Gasteiger partial charge in [0.1, 0.15) is 0 Å². The summed E-state index contributed by atoms with van der Waals surface area (Å²) in [4.78, 5) is 25.4. The summed E-state index contributed by atoms with van der Waals surface area (Å²) in [6, 6.07) is 4.03. The van der Waals surface area contributed by atoms with Gasteiger partial charge in [0.25, 0.3) is 0 Å². The van der Waals surface area contributed by atoms with Crippen LogP contribution >= 0.6 is 11.3 Å². The van der Waals surface area contributed by atoms with Gasteiger partial charge in [0, 0.05) is 11.4 Å². The molecule has 0 aliphatic rings. The van der Waals surface area contributed by atoms with Crippen molar-refractivity contribution in [1.82, 2.24) is 10.2 Å². The number of rotatable bonds is 7. The minimum absolute atomic E-state index is 0.0852. The van der Waals surface area contributed by atoms with E-state index in [9.17, 15) is 9.59 Å². The fourth-order valence-electron chi connectivity index (χ4n) is 1.42. The van der Waals surface area contributed by atoms with Crippen LogP contribution in [-0.4, -0.2) is 50.6 Å². The molecule has 0 atom stereocenters. The monoisotopic (exact) mass is 270 g/mol. The fraction of sp³-hybridized carbons (Fsp3) is 0.500. The highest BCUT2D eigenvalue weighted by molar-refractivity contribution is 7.09. The Morgan fingerprint density at radius 1 is 1.44 bits per heavy atom. The predicted molar refractivity (Wildman–Crippen MR) is 70.5 cm³/mol. The van der Waals surface area contributed by atoms with E-state index in [1.165, 1.54) is 12.0 Å². The smallest absolute Gasteiger partial charge is 0.319 e. The number of esters is 1. The summed E-state index contributed by atoms with van der Waals surface area (Å²) in [5.41, 5.74) is 0. The van der Waals surface area contributed by atoms with E-state index < -0.39 is 0 Å². The lowest BCUT2D eigenvalue weighted by Gasteiger charge is -2.14. The number of nitrogens with zero attached hydrogens (tertiary/aromatic N) is 1. The van der Waals surface area contributed by atoms with Gasteiger partial charge < -0.3 is 10.1 Å². The van der Waals surface area contributed by atoms with Crippen LogP contribution in [0.25, 0.3) is 0 Å². The number of hydrogen-bond donors (Lipinski definition) is 1. The summed E-state index contributed by atoms with van der Waals surface area (Å²) in [6.45, 7) is 0.930. The van der Waals surface area contributed by atoms with Crippen LogP contribution in [0.15, 0.2) is 17.5 Å². The summed E-state index contributed by atoms with van der Waals surface area (Å²) < 4.78 is 4.52. The lowest BCUT2D eigenvalue weighted by Crippen LogP contribution is -2.38. The zero-order chi connectivity index (χ0) is 13.4. The molecule has 0 saturated carbocycles. The number of thiophene rings is 1. The Bertz CT molecular complexity index is 379. The molecule has 0 aliphatic heterocycles. The Kier molecular flexibility index (Phi) is 6.38. The first-order chi connectivity index (χ1) is 8.61. The van der Waals surface area contributed by atoms with Gasteiger partial charge in [-0.05, 0) is 24.9 Å². The molecule has 5 nitrogen and oxygen atoms in total. The number of ether oxygens (including phenoxy) is 1. The van der Waals surface area contributed by atoms with Crippen molar-refractivity contribution in [1.29, 1.82) is 0 Å². The van der Waals surface area contributed by atoms with Crippen molar-refractivity contribution in [2.24, 2.45) is 0 Å². The number of carbonyl (C=O) groups excluding carboxylic acids is 2. The van der Waals surface area contributed by atoms with E-state index in [2.05, 4.69) is 10.1 Å². The molecule has 0 spiro atoms. The number of methoxy groups -OCH3 is 1. The van der Waals surface area contributed by atoms with Crippen LogP contribution in [0.2, 0.25) is 0 Å². The van der Waals surface area contributed by atoms with Crippen molar-refractivity contribution in [3.05, 3.63) is 22.4 Å². The van der Waals surface area contributed by atoms with E-state index in [-0.39, 0.29) is 25.0 Å². The summed E-state index contributed by atoms with van der Waals surface area (Å²) >= 11 is 1.68. The van der Waals surface area contributed by atoms with Gasteiger partial charge in [-0.1, -0.05) is 6.07 Å². The third kappa shape index (κ3) is 5.79. The number of hydrogen-bond acceptors (Lipinski definition) is 5. The Balaban J connectivity index is 2.15. The zero-order valence-corrected chi connectivity index (χ0v) is 11.5. The average Bonchev–Trinajstić information content (AvgIpc) is 2.81. The predicted octanol–water partition coefficient (Wildman–Crippen LogP) is 0.512. The molecular formula is C12H18N2O3S. The summed E-state index contributed by atoms with van der Waals surface area (Å²) in [6.07, 6.45) is 0.837. The van der Waals surface area contributed by atoms with Crippen molar-refractivity contribution in [3.63, 3.8) is 0 Å². The van der Waals surface area contributed by atoms with Crippen LogP contribution in [0, 0.1) is 0 Å². The topological polar surface area (TPSA) is 58.6 Å². The maximum atomic E-state index is 11.6. The number of carbonyl (C=O) groups is 2. The van der Waals surface area contributed by atoms with Crippen LogP contribution in [0.1, 0.15) is 4.88 Å². The Morgan fingerprint density at radius 3 is 2.83 bits per heavy atom. The Morgan fingerprint density at radius 2 is 2.22 bits per heavy atom. The van der Waals surface area contributed by atoms with Crippen LogP contribution in [0.4, 0.5) is 0 Å². The van der Waals surface area contributed by atoms with Crippen molar-refractivity contribution in [2.45, 2.75) is 6.42 Å². The van der Waals surface area contributed by atoms with Gasteiger partial charge in [-0.2, -0.15) is 0 Å². The number of likely N-dealkylation sites (N-methyl/N-ethyl adjacent to an activating group) is 1. The molecule has 1 aromatic rings. The molecule has 0 aromatic carbocycles. The van der Waals surface area contributed by atoms with Gasteiger partial charge in [0.2, 0.25) is 5.91 Å². The first kappa shape index (κ1) is 14.7. The van der Waals surface area contributed by atoms with E-state index >= 15 is 0 Å².